The van der Waals surface area contributed by atoms with Crippen LogP contribution in [0.4, 0.5) is 33.3 Å². The number of nitriles is 1. The van der Waals surface area contributed by atoms with Gasteiger partial charge in [-0.25, -0.2) is 8.78 Å². The van der Waals surface area contributed by atoms with Crippen LogP contribution in [0.3, 0.4) is 0 Å². The minimum atomic E-state index is -4.70. The molecule has 0 radical (unpaired) electrons. The van der Waals surface area contributed by atoms with E-state index < -0.39 is 28.9 Å². The zero-order valence-corrected chi connectivity index (χ0v) is 10.3. The number of hydrogen-bond acceptors (Lipinski definition) is 2. The highest BCUT2D eigenvalue weighted by Gasteiger charge is 2.33. The maximum Gasteiger partial charge on any atom is 0.417 e. The third-order valence-corrected chi connectivity index (χ3v) is 2.66. The zero-order valence-electron chi connectivity index (χ0n) is 10.3. The Kier molecular flexibility index (Phi) is 3.80. The van der Waals surface area contributed by atoms with Crippen molar-refractivity contribution in [2.24, 2.45) is 0 Å². The average molecular weight is 298 g/mol. The maximum atomic E-state index is 13.4. The molecule has 0 spiro atoms. The summed E-state index contributed by atoms with van der Waals surface area (Å²) in [4.78, 5) is 0. The van der Waals surface area contributed by atoms with Gasteiger partial charge >= 0.3 is 6.18 Å². The highest BCUT2D eigenvalue weighted by atomic mass is 19.4. The van der Waals surface area contributed by atoms with Crippen LogP contribution in [0.2, 0.25) is 0 Å². The monoisotopic (exact) mass is 298 g/mol. The van der Waals surface area contributed by atoms with Gasteiger partial charge in [0.05, 0.1) is 22.9 Å². The number of rotatable bonds is 2. The van der Waals surface area contributed by atoms with Crippen molar-refractivity contribution >= 4 is 11.4 Å². The third kappa shape index (κ3) is 3.28. The van der Waals surface area contributed by atoms with Gasteiger partial charge in [-0.05, 0) is 30.3 Å². The summed E-state index contributed by atoms with van der Waals surface area (Å²) in [6, 6.07) is 6.97. The van der Waals surface area contributed by atoms with E-state index in [0.717, 1.165) is 18.2 Å². The van der Waals surface area contributed by atoms with Crippen LogP contribution in [0.25, 0.3) is 0 Å². The SMILES string of the molecule is N#Cc1ccc(Nc2ccc(F)cc2F)cc1C(F)(F)F. The number of benzene rings is 2. The first-order valence-corrected chi connectivity index (χ1v) is 5.64. The molecule has 108 valence electrons. The van der Waals surface area contributed by atoms with Crippen LogP contribution in [-0.2, 0) is 6.18 Å². The maximum absolute atomic E-state index is 13.4. The summed E-state index contributed by atoms with van der Waals surface area (Å²) < 4.78 is 64.5. The molecule has 1 N–H and O–H groups in total. The smallest absolute Gasteiger partial charge is 0.353 e. The number of halogens is 5. The molecule has 2 rings (SSSR count). The fraction of sp³-hybridized carbons (Fsp3) is 0.0714. The Bertz CT molecular complexity index is 716. The lowest BCUT2D eigenvalue weighted by molar-refractivity contribution is -0.137. The van der Waals surface area contributed by atoms with Crippen LogP contribution < -0.4 is 5.32 Å². The van der Waals surface area contributed by atoms with Crippen LogP contribution in [-0.4, -0.2) is 0 Å². The summed E-state index contributed by atoms with van der Waals surface area (Å²) in [6.45, 7) is 0. The molecule has 0 saturated carbocycles. The lowest BCUT2D eigenvalue weighted by Gasteiger charge is -2.12. The van der Waals surface area contributed by atoms with Crippen LogP contribution in [0, 0.1) is 23.0 Å². The zero-order chi connectivity index (χ0) is 15.6. The molecule has 0 aliphatic heterocycles. The molecule has 0 amide bonds. The van der Waals surface area contributed by atoms with E-state index in [1.807, 2.05) is 0 Å². The fourth-order valence-electron chi connectivity index (χ4n) is 1.70. The quantitative estimate of drug-likeness (QED) is 0.822. The molecule has 0 saturated heterocycles. The molecule has 0 aliphatic rings. The van der Waals surface area contributed by atoms with Crippen LogP contribution in [0.15, 0.2) is 36.4 Å². The molecule has 0 unspecified atom stereocenters. The van der Waals surface area contributed by atoms with E-state index in [4.69, 9.17) is 5.26 Å². The molecular weight excluding hydrogens is 291 g/mol. The van der Waals surface area contributed by atoms with Gasteiger partial charge < -0.3 is 5.32 Å². The van der Waals surface area contributed by atoms with Gasteiger partial charge in [-0.2, -0.15) is 18.4 Å². The van der Waals surface area contributed by atoms with Gasteiger partial charge in [0.15, 0.2) is 0 Å². The van der Waals surface area contributed by atoms with Gasteiger partial charge in [0.2, 0.25) is 0 Å². The highest BCUT2D eigenvalue weighted by molar-refractivity contribution is 5.63. The van der Waals surface area contributed by atoms with Gasteiger partial charge in [-0.1, -0.05) is 0 Å². The third-order valence-electron chi connectivity index (χ3n) is 2.66. The predicted octanol–water partition coefficient (Wildman–Crippen LogP) is 4.60. The van der Waals surface area contributed by atoms with E-state index in [0.29, 0.717) is 12.1 Å². The first-order valence-electron chi connectivity index (χ1n) is 5.64. The van der Waals surface area contributed by atoms with Gasteiger partial charge in [0.1, 0.15) is 11.6 Å². The number of alkyl halides is 3. The fourth-order valence-corrected chi connectivity index (χ4v) is 1.70. The highest BCUT2D eigenvalue weighted by Crippen LogP contribution is 2.34. The molecule has 0 heterocycles. The number of nitrogens with one attached hydrogen (secondary N) is 1. The summed E-state index contributed by atoms with van der Waals surface area (Å²) >= 11 is 0. The summed E-state index contributed by atoms with van der Waals surface area (Å²) in [7, 11) is 0. The van der Waals surface area contributed by atoms with Gasteiger partial charge in [-0.15, -0.1) is 0 Å². The van der Waals surface area contributed by atoms with Crippen molar-refractivity contribution in [3.63, 3.8) is 0 Å². The molecule has 0 atom stereocenters. The standard InChI is InChI=1S/C14H7F5N2/c15-9-2-4-13(12(16)5-9)21-10-3-1-8(7-20)11(6-10)14(17,18)19/h1-6,21H. The van der Waals surface area contributed by atoms with E-state index >= 15 is 0 Å². The molecule has 2 aromatic carbocycles. The predicted molar refractivity (Wildman–Crippen MR) is 65.8 cm³/mol. The van der Waals surface area contributed by atoms with Crippen molar-refractivity contribution in [1.82, 2.24) is 0 Å². The lowest BCUT2D eigenvalue weighted by atomic mass is 10.1. The topological polar surface area (TPSA) is 35.8 Å². The molecule has 2 aromatic rings. The van der Waals surface area contributed by atoms with Crippen LogP contribution in [0.1, 0.15) is 11.1 Å². The number of anilines is 2. The van der Waals surface area contributed by atoms with E-state index in [1.54, 1.807) is 0 Å². The van der Waals surface area contributed by atoms with Gasteiger partial charge in [-0.3, -0.25) is 0 Å². The first-order chi connectivity index (χ1) is 9.81. The summed E-state index contributed by atoms with van der Waals surface area (Å²) in [5.74, 6) is -1.73. The molecular formula is C14H7F5N2. The number of nitrogens with zero attached hydrogens (tertiary/aromatic N) is 1. The minimum absolute atomic E-state index is 0.0631. The Labute approximate surface area is 116 Å². The molecule has 0 bridgehead atoms. The molecule has 0 aliphatic carbocycles. The van der Waals surface area contributed by atoms with E-state index in [2.05, 4.69) is 5.32 Å². The van der Waals surface area contributed by atoms with Crippen molar-refractivity contribution in [2.45, 2.75) is 6.18 Å². The van der Waals surface area contributed by atoms with E-state index in [9.17, 15) is 22.0 Å². The summed E-state index contributed by atoms with van der Waals surface area (Å²) in [6.07, 6.45) is -4.70. The summed E-state index contributed by atoms with van der Waals surface area (Å²) in [5.41, 5.74) is -1.90. The Hall–Kier alpha value is -2.62. The second-order valence-electron chi connectivity index (χ2n) is 4.12. The van der Waals surface area contributed by atoms with Crippen molar-refractivity contribution in [3.05, 3.63) is 59.2 Å². The second kappa shape index (κ2) is 5.40. The Morgan fingerprint density at radius 1 is 1.00 bits per heavy atom. The Balaban J connectivity index is 2.40. The van der Waals surface area contributed by atoms with Crippen molar-refractivity contribution in [1.29, 1.82) is 5.26 Å². The Morgan fingerprint density at radius 2 is 1.71 bits per heavy atom. The van der Waals surface area contributed by atoms with Crippen LogP contribution in [0.5, 0.6) is 0 Å². The second-order valence-corrected chi connectivity index (χ2v) is 4.12. The van der Waals surface area contributed by atoms with E-state index in [-0.39, 0.29) is 11.4 Å². The van der Waals surface area contributed by atoms with Gasteiger partial charge in [0.25, 0.3) is 0 Å². The Morgan fingerprint density at radius 3 is 2.29 bits per heavy atom. The number of hydrogen-bond donors (Lipinski definition) is 1. The van der Waals surface area contributed by atoms with Crippen molar-refractivity contribution in [2.75, 3.05) is 5.32 Å². The van der Waals surface area contributed by atoms with Crippen LogP contribution >= 0.6 is 0 Å². The van der Waals surface area contributed by atoms with E-state index in [1.165, 1.54) is 12.1 Å². The first kappa shape index (κ1) is 14.8. The molecule has 0 fully saturated rings. The van der Waals surface area contributed by atoms with Gasteiger partial charge in [0, 0.05) is 11.8 Å². The average Bonchev–Trinajstić information content (AvgIpc) is 2.41. The molecule has 0 aromatic heterocycles. The molecule has 21 heavy (non-hydrogen) atoms. The largest absolute Gasteiger partial charge is 0.417 e. The minimum Gasteiger partial charge on any atom is -0.353 e. The normalized spacial score (nSPS) is 11.0. The summed E-state index contributed by atoms with van der Waals surface area (Å²) in [5, 5.41) is 11.1. The molecule has 7 heteroatoms. The molecule has 2 nitrogen and oxygen atoms in total. The van der Waals surface area contributed by atoms with Crippen molar-refractivity contribution < 1.29 is 22.0 Å². The lowest BCUT2D eigenvalue weighted by Crippen LogP contribution is -2.08. The van der Waals surface area contributed by atoms with Crippen molar-refractivity contribution in [3.8, 4) is 6.07 Å².